The molecule has 0 saturated carbocycles. The lowest BCUT2D eigenvalue weighted by molar-refractivity contribution is 0.0607. The second-order valence-corrected chi connectivity index (χ2v) is 7.31. The second kappa shape index (κ2) is 8.85. The third-order valence-electron chi connectivity index (χ3n) is 5.29. The molecule has 1 N–H and O–H groups in total. The summed E-state index contributed by atoms with van der Waals surface area (Å²) in [5, 5.41) is 2.94. The number of carbonyl (C=O) groups excluding carboxylic acids is 2. The summed E-state index contributed by atoms with van der Waals surface area (Å²) >= 11 is 0. The number of nitrogens with one attached hydrogen (secondary N) is 1. The van der Waals surface area contributed by atoms with Gasteiger partial charge >= 0.3 is 0 Å². The van der Waals surface area contributed by atoms with E-state index in [1.54, 1.807) is 24.3 Å². The number of rotatable bonds is 5. The fourth-order valence-corrected chi connectivity index (χ4v) is 3.73. The van der Waals surface area contributed by atoms with E-state index in [9.17, 15) is 9.59 Å². The van der Waals surface area contributed by atoms with Crippen LogP contribution in [-0.4, -0.2) is 29.3 Å². The van der Waals surface area contributed by atoms with E-state index in [1.807, 2.05) is 30.0 Å². The number of hydrogen-bond acceptors (Lipinski definition) is 2. The predicted octanol–water partition coefficient (Wildman–Crippen LogP) is 4.33. The average Bonchev–Trinajstić information content (AvgIpc) is 2.71. The van der Waals surface area contributed by atoms with E-state index >= 15 is 0 Å². The van der Waals surface area contributed by atoms with Crippen molar-refractivity contribution >= 4 is 11.8 Å². The molecule has 0 aliphatic carbocycles. The SMILES string of the molecule is CCC1CCCCN1C(=O)c1ccc(C(=O)NCc2cccc(C)c2)cc1. The Morgan fingerprint density at radius 1 is 1.07 bits per heavy atom. The first-order valence-corrected chi connectivity index (χ1v) is 9.83. The Labute approximate surface area is 161 Å². The summed E-state index contributed by atoms with van der Waals surface area (Å²) in [5.41, 5.74) is 3.48. The summed E-state index contributed by atoms with van der Waals surface area (Å²) < 4.78 is 0. The molecular formula is C23H28N2O2. The topological polar surface area (TPSA) is 49.4 Å². The standard InChI is InChI=1S/C23H28N2O2/c1-3-21-9-4-5-14-25(21)23(27)20-12-10-19(11-13-20)22(26)24-16-18-8-6-7-17(2)15-18/h6-8,10-13,15,21H,3-5,9,14,16H2,1-2H3,(H,24,26). The van der Waals surface area contributed by atoms with Gasteiger partial charge < -0.3 is 10.2 Å². The minimum absolute atomic E-state index is 0.0771. The summed E-state index contributed by atoms with van der Waals surface area (Å²) in [7, 11) is 0. The van der Waals surface area contributed by atoms with E-state index in [1.165, 1.54) is 12.0 Å². The van der Waals surface area contributed by atoms with E-state index in [0.29, 0.717) is 23.7 Å². The van der Waals surface area contributed by atoms with Gasteiger partial charge in [-0.15, -0.1) is 0 Å². The molecule has 0 bridgehead atoms. The van der Waals surface area contributed by atoms with Crippen molar-refractivity contribution < 1.29 is 9.59 Å². The second-order valence-electron chi connectivity index (χ2n) is 7.31. The van der Waals surface area contributed by atoms with Gasteiger partial charge in [0.05, 0.1) is 0 Å². The lowest BCUT2D eigenvalue weighted by Crippen LogP contribution is -2.43. The van der Waals surface area contributed by atoms with Crippen LogP contribution in [0.1, 0.15) is 64.4 Å². The van der Waals surface area contributed by atoms with Crippen molar-refractivity contribution in [1.82, 2.24) is 10.2 Å². The molecule has 142 valence electrons. The zero-order chi connectivity index (χ0) is 19.2. The van der Waals surface area contributed by atoms with E-state index in [4.69, 9.17) is 0 Å². The summed E-state index contributed by atoms with van der Waals surface area (Å²) in [6.45, 7) is 5.49. The molecule has 1 aliphatic rings. The van der Waals surface area contributed by atoms with Crippen molar-refractivity contribution in [3.8, 4) is 0 Å². The lowest BCUT2D eigenvalue weighted by Gasteiger charge is -2.35. The normalized spacial score (nSPS) is 16.8. The molecule has 1 unspecified atom stereocenters. The Morgan fingerprint density at radius 3 is 2.52 bits per heavy atom. The van der Waals surface area contributed by atoms with Crippen LogP contribution in [0.15, 0.2) is 48.5 Å². The molecule has 1 fully saturated rings. The van der Waals surface area contributed by atoms with Crippen molar-refractivity contribution in [1.29, 1.82) is 0 Å². The first-order valence-electron chi connectivity index (χ1n) is 9.83. The molecule has 27 heavy (non-hydrogen) atoms. The average molecular weight is 364 g/mol. The van der Waals surface area contributed by atoms with Gasteiger partial charge in [0.1, 0.15) is 0 Å². The molecule has 1 aliphatic heterocycles. The van der Waals surface area contributed by atoms with Gasteiger partial charge in [-0.25, -0.2) is 0 Å². The molecule has 4 heteroatoms. The molecule has 2 amide bonds. The van der Waals surface area contributed by atoms with Gasteiger partial charge in [0.25, 0.3) is 11.8 Å². The number of likely N-dealkylation sites (tertiary alicyclic amines) is 1. The maximum atomic E-state index is 12.8. The molecule has 1 heterocycles. The van der Waals surface area contributed by atoms with Crippen molar-refractivity contribution in [3.05, 3.63) is 70.8 Å². The van der Waals surface area contributed by atoms with E-state index in [-0.39, 0.29) is 11.8 Å². The van der Waals surface area contributed by atoms with Crippen LogP contribution in [0.5, 0.6) is 0 Å². The van der Waals surface area contributed by atoms with Crippen molar-refractivity contribution in [2.75, 3.05) is 6.54 Å². The van der Waals surface area contributed by atoms with Crippen LogP contribution >= 0.6 is 0 Å². The zero-order valence-electron chi connectivity index (χ0n) is 16.2. The highest BCUT2D eigenvalue weighted by Crippen LogP contribution is 2.22. The van der Waals surface area contributed by atoms with E-state index in [0.717, 1.165) is 31.4 Å². The molecule has 3 rings (SSSR count). The van der Waals surface area contributed by atoms with Crippen molar-refractivity contribution in [2.45, 2.75) is 52.1 Å². The molecule has 2 aromatic rings. The molecule has 0 spiro atoms. The number of piperidine rings is 1. The maximum absolute atomic E-state index is 12.8. The van der Waals surface area contributed by atoms with Gasteiger partial charge in [-0.2, -0.15) is 0 Å². The van der Waals surface area contributed by atoms with Gasteiger partial charge in [-0.3, -0.25) is 9.59 Å². The first kappa shape index (κ1) is 19.2. The molecule has 0 radical (unpaired) electrons. The number of amides is 2. The predicted molar refractivity (Wildman–Crippen MR) is 108 cm³/mol. The zero-order valence-corrected chi connectivity index (χ0v) is 16.2. The van der Waals surface area contributed by atoms with Crippen LogP contribution in [0.25, 0.3) is 0 Å². The fourth-order valence-electron chi connectivity index (χ4n) is 3.73. The van der Waals surface area contributed by atoms with Crippen molar-refractivity contribution in [2.24, 2.45) is 0 Å². The fraction of sp³-hybridized carbons (Fsp3) is 0.391. The largest absolute Gasteiger partial charge is 0.348 e. The summed E-state index contributed by atoms with van der Waals surface area (Å²) in [6, 6.07) is 15.4. The van der Waals surface area contributed by atoms with Crippen LogP contribution in [0.3, 0.4) is 0 Å². The summed E-state index contributed by atoms with van der Waals surface area (Å²) in [5.74, 6) is -0.0480. The number of aryl methyl sites for hydroxylation is 1. The third kappa shape index (κ3) is 4.76. The Kier molecular flexibility index (Phi) is 6.28. The minimum Gasteiger partial charge on any atom is -0.348 e. The highest BCUT2D eigenvalue weighted by atomic mass is 16.2. The smallest absolute Gasteiger partial charge is 0.254 e. The Balaban J connectivity index is 1.62. The van der Waals surface area contributed by atoms with E-state index < -0.39 is 0 Å². The van der Waals surface area contributed by atoms with Crippen molar-refractivity contribution in [3.63, 3.8) is 0 Å². The van der Waals surface area contributed by atoms with Crippen LogP contribution in [0, 0.1) is 6.92 Å². The Bertz CT molecular complexity index is 798. The third-order valence-corrected chi connectivity index (χ3v) is 5.29. The maximum Gasteiger partial charge on any atom is 0.254 e. The molecule has 2 aromatic carbocycles. The van der Waals surface area contributed by atoms with Gasteiger partial charge in [0.15, 0.2) is 0 Å². The number of carbonyl (C=O) groups is 2. The molecular weight excluding hydrogens is 336 g/mol. The van der Waals surface area contributed by atoms with Gasteiger partial charge in [-0.05, 0) is 62.4 Å². The quantitative estimate of drug-likeness (QED) is 0.858. The molecule has 1 saturated heterocycles. The molecule has 4 nitrogen and oxygen atoms in total. The summed E-state index contributed by atoms with van der Waals surface area (Å²) in [6.07, 6.45) is 4.34. The van der Waals surface area contributed by atoms with E-state index in [2.05, 4.69) is 18.3 Å². The number of hydrogen-bond donors (Lipinski definition) is 1. The first-order chi connectivity index (χ1) is 13.1. The van der Waals surface area contributed by atoms with Crippen LogP contribution < -0.4 is 5.32 Å². The van der Waals surface area contributed by atoms with Gasteiger partial charge in [-0.1, -0.05) is 36.8 Å². The Hall–Kier alpha value is -2.62. The number of nitrogens with zero attached hydrogens (tertiary/aromatic N) is 1. The van der Waals surface area contributed by atoms with Crippen LogP contribution in [0.2, 0.25) is 0 Å². The monoisotopic (exact) mass is 364 g/mol. The highest BCUT2D eigenvalue weighted by molar-refractivity contribution is 5.98. The molecule has 0 aromatic heterocycles. The lowest BCUT2D eigenvalue weighted by atomic mass is 9.98. The highest BCUT2D eigenvalue weighted by Gasteiger charge is 2.26. The van der Waals surface area contributed by atoms with Crippen LogP contribution in [-0.2, 0) is 6.54 Å². The van der Waals surface area contributed by atoms with Gasteiger partial charge in [0, 0.05) is 30.3 Å². The van der Waals surface area contributed by atoms with Crippen LogP contribution in [0.4, 0.5) is 0 Å². The molecule has 1 atom stereocenters. The Morgan fingerprint density at radius 2 is 1.81 bits per heavy atom. The number of benzene rings is 2. The summed E-state index contributed by atoms with van der Waals surface area (Å²) in [4.78, 5) is 27.2. The van der Waals surface area contributed by atoms with Gasteiger partial charge in [0.2, 0.25) is 0 Å². The minimum atomic E-state index is -0.125.